The summed E-state index contributed by atoms with van der Waals surface area (Å²) in [6.45, 7) is 1.88. The van der Waals surface area contributed by atoms with Crippen molar-refractivity contribution in [2.75, 3.05) is 5.88 Å². The summed E-state index contributed by atoms with van der Waals surface area (Å²) < 4.78 is 0. The van der Waals surface area contributed by atoms with Gasteiger partial charge in [0.2, 0.25) is 0 Å². The standard InChI is InChI=1S/C11H9ClO/c1-9-7-10(3-2-6-12)4-5-11(9)8-13/h4-5,7-8H,6H2,1H3. The van der Waals surface area contributed by atoms with Crippen molar-refractivity contribution in [1.29, 1.82) is 0 Å². The minimum absolute atomic E-state index is 0.328. The van der Waals surface area contributed by atoms with Gasteiger partial charge in [-0.1, -0.05) is 17.9 Å². The topological polar surface area (TPSA) is 17.1 Å². The number of rotatable bonds is 1. The van der Waals surface area contributed by atoms with Crippen LogP contribution in [0.2, 0.25) is 0 Å². The molecule has 1 nitrogen and oxygen atoms in total. The van der Waals surface area contributed by atoms with Crippen LogP contribution >= 0.6 is 11.6 Å². The van der Waals surface area contributed by atoms with Crippen molar-refractivity contribution < 1.29 is 4.79 Å². The van der Waals surface area contributed by atoms with Crippen LogP contribution in [0.1, 0.15) is 21.5 Å². The maximum absolute atomic E-state index is 10.5. The van der Waals surface area contributed by atoms with Crippen molar-refractivity contribution in [3.8, 4) is 11.8 Å². The first-order chi connectivity index (χ1) is 6.27. The van der Waals surface area contributed by atoms with Gasteiger partial charge < -0.3 is 0 Å². The molecule has 1 aromatic rings. The third-order valence-electron chi connectivity index (χ3n) is 1.70. The maximum Gasteiger partial charge on any atom is 0.150 e. The van der Waals surface area contributed by atoms with Crippen LogP contribution in [0.25, 0.3) is 0 Å². The van der Waals surface area contributed by atoms with Gasteiger partial charge in [0.1, 0.15) is 6.29 Å². The molecule has 0 saturated carbocycles. The molecule has 0 aliphatic rings. The molecule has 0 aliphatic carbocycles. The van der Waals surface area contributed by atoms with Gasteiger partial charge in [-0.25, -0.2) is 0 Å². The normalized spacial score (nSPS) is 8.77. The number of aldehydes is 1. The summed E-state index contributed by atoms with van der Waals surface area (Å²) in [7, 11) is 0. The number of benzene rings is 1. The highest BCUT2D eigenvalue weighted by atomic mass is 35.5. The van der Waals surface area contributed by atoms with Crippen LogP contribution in [-0.2, 0) is 0 Å². The lowest BCUT2D eigenvalue weighted by Crippen LogP contribution is -1.86. The number of alkyl halides is 1. The third kappa shape index (κ3) is 2.61. The monoisotopic (exact) mass is 192 g/mol. The summed E-state index contributed by atoms with van der Waals surface area (Å²) in [6, 6.07) is 5.46. The molecule has 0 radical (unpaired) electrons. The highest BCUT2D eigenvalue weighted by Gasteiger charge is 1.95. The van der Waals surface area contributed by atoms with Crippen LogP contribution in [0.4, 0.5) is 0 Å². The predicted molar refractivity (Wildman–Crippen MR) is 54.2 cm³/mol. The predicted octanol–water partition coefficient (Wildman–Crippen LogP) is 2.40. The van der Waals surface area contributed by atoms with Gasteiger partial charge >= 0.3 is 0 Å². The Morgan fingerprint density at radius 3 is 2.85 bits per heavy atom. The number of halogens is 1. The van der Waals surface area contributed by atoms with E-state index in [2.05, 4.69) is 11.8 Å². The molecule has 0 N–H and O–H groups in total. The van der Waals surface area contributed by atoms with Crippen LogP contribution in [0, 0.1) is 18.8 Å². The molecule has 0 amide bonds. The smallest absolute Gasteiger partial charge is 0.150 e. The second-order valence-corrected chi connectivity index (χ2v) is 2.89. The minimum atomic E-state index is 0.328. The van der Waals surface area contributed by atoms with Gasteiger partial charge in [-0.3, -0.25) is 4.79 Å². The molecule has 0 saturated heterocycles. The number of carbonyl (C=O) groups excluding carboxylic acids is 1. The lowest BCUT2D eigenvalue weighted by atomic mass is 10.1. The number of hydrogen-bond acceptors (Lipinski definition) is 1. The molecule has 0 unspecified atom stereocenters. The zero-order valence-corrected chi connectivity index (χ0v) is 8.06. The first-order valence-corrected chi connectivity index (χ1v) is 4.42. The summed E-state index contributed by atoms with van der Waals surface area (Å²) in [4.78, 5) is 10.5. The van der Waals surface area contributed by atoms with E-state index in [1.807, 2.05) is 19.1 Å². The molecule has 0 bridgehead atoms. The van der Waals surface area contributed by atoms with Crippen molar-refractivity contribution in [2.45, 2.75) is 6.92 Å². The van der Waals surface area contributed by atoms with E-state index >= 15 is 0 Å². The Bertz CT molecular complexity index is 371. The van der Waals surface area contributed by atoms with Crippen LogP contribution in [-0.4, -0.2) is 12.2 Å². The Morgan fingerprint density at radius 1 is 1.54 bits per heavy atom. The van der Waals surface area contributed by atoms with Gasteiger partial charge in [0.15, 0.2) is 0 Å². The Hall–Kier alpha value is -1.26. The zero-order chi connectivity index (χ0) is 9.68. The molecule has 0 atom stereocenters. The molecule has 0 aliphatic heterocycles. The minimum Gasteiger partial charge on any atom is -0.298 e. The van der Waals surface area contributed by atoms with Crippen molar-refractivity contribution in [2.24, 2.45) is 0 Å². The van der Waals surface area contributed by atoms with Gasteiger partial charge in [0.25, 0.3) is 0 Å². The second-order valence-electron chi connectivity index (χ2n) is 2.62. The molecule has 66 valence electrons. The van der Waals surface area contributed by atoms with Crippen molar-refractivity contribution in [1.82, 2.24) is 0 Å². The highest BCUT2D eigenvalue weighted by molar-refractivity contribution is 6.19. The van der Waals surface area contributed by atoms with Crippen molar-refractivity contribution in [3.05, 3.63) is 34.9 Å². The summed E-state index contributed by atoms with van der Waals surface area (Å²) >= 11 is 5.42. The zero-order valence-electron chi connectivity index (χ0n) is 7.30. The Kier molecular flexibility index (Phi) is 3.54. The quantitative estimate of drug-likeness (QED) is 0.379. The molecular formula is C11H9ClO. The molecule has 0 spiro atoms. The number of aryl methyl sites for hydroxylation is 1. The third-order valence-corrected chi connectivity index (χ3v) is 1.83. The lowest BCUT2D eigenvalue weighted by Gasteiger charge is -1.97. The second kappa shape index (κ2) is 4.69. The summed E-state index contributed by atoms with van der Waals surface area (Å²) in [5.74, 6) is 5.97. The largest absolute Gasteiger partial charge is 0.298 e. The molecule has 1 rings (SSSR count). The fraction of sp³-hybridized carbons (Fsp3) is 0.182. The summed E-state index contributed by atoms with van der Waals surface area (Å²) in [6.07, 6.45) is 0.841. The molecule has 0 fully saturated rings. The van der Waals surface area contributed by atoms with Crippen LogP contribution in [0.15, 0.2) is 18.2 Å². The fourth-order valence-corrected chi connectivity index (χ4v) is 1.09. The van der Waals surface area contributed by atoms with Gasteiger partial charge in [-0.05, 0) is 24.6 Å². The fourth-order valence-electron chi connectivity index (χ4n) is 1.02. The average molecular weight is 193 g/mol. The van der Waals surface area contributed by atoms with Crippen molar-refractivity contribution in [3.63, 3.8) is 0 Å². The van der Waals surface area contributed by atoms with E-state index in [0.29, 0.717) is 11.4 Å². The molecule has 0 heterocycles. The van der Waals surface area contributed by atoms with E-state index in [-0.39, 0.29) is 0 Å². The Labute approximate surface area is 82.7 Å². The van der Waals surface area contributed by atoms with E-state index in [0.717, 1.165) is 17.4 Å². The molecule has 2 heteroatoms. The van der Waals surface area contributed by atoms with E-state index in [9.17, 15) is 4.79 Å². The van der Waals surface area contributed by atoms with Gasteiger partial charge in [-0.2, -0.15) is 0 Å². The number of hydrogen-bond donors (Lipinski definition) is 0. The van der Waals surface area contributed by atoms with Crippen molar-refractivity contribution >= 4 is 17.9 Å². The maximum atomic E-state index is 10.5. The van der Waals surface area contributed by atoms with E-state index in [4.69, 9.17) is 11.6 Å². The lowest BCUT2D eigenvalue weighted by molar-refractivity contribution is 0.112. The van der Waals surface area contributed by atoms with Crippen LogP contribution in [0.5, 0.6) is 0 Å². The molecule has 13 heavy (non-hydrogen) atoms. The Morgan fingerprint density at radius 2 is 2.31 bits per heavy atom. The molecule has 0 aromatic heterocycles. The summed E-state index contributed by atoms with van der Waals surface area (Å²) in [5, 5.41) is 0. The van der Waals surface area contributed by atoms with Crippen LogP contribution < -0.4 is 0 Å². The van der Waals surface area contributed by atoms with Crippen LogP contribution in [0.3, 0.4) is 0 Å². The highest BCUT2D eigenvalue weighted by Crippen LogP contribution is 2.07. The first-order valence-electron chi connectivity index (χ1n) is 3.88. The van der Waals surface area contributed by atoms with Gasteiger partial charge in [0, 0.05) is 11.1 Å². The molecule has 1 aromatic carbocycles. The van der Waals surface area contributed by atoms with E-state index in [1.165, 1.54) is 0 Å². The molecular weight excluding hydrogens is 184 g/mol. The summed E-state index contributed by atoms with van der Waals surface area (Å²) in [5.41, 5.74) is 2.54. The Balaban J connectivity index is 3.02. The van der Waals surface area contributed by atoms with Gasteiger partial charge in [0.05, 0.1) is 5.88 Å². The van der Waals surface area contributed by atoms with E-state index < -0.39 is 0 Å². The SMILES string of the molecule is Cc1cc(C#CCCl)ccc1C=O. The first kappa shape index (κ1) is 9.83. The van der Waals surface area contributed by atoms with E-state index in [1.54, 1.807) is 6.07 Å². The average Bonchev–Trinajstić information content (AvgIpc) is 2.15. The number of carbonyl (C=O) groups is 1. The van der Waals surface area contributed by atoms with Gasteiger partial charge in [-0.15, -0.1) is 11.6 Å².